The number of hydrogen-bond donors (Lipinski definition) is 0. The second-order valence-corrected chi connectivity index (χ2v) is 6.64. The largest absolute Gasteiger partial charge is 0.467 e. The van der Waals surface area contributed by atoms with Crippen LogP contribution in [0.15, 0.2) is 40.8 Å². The lowest BCUT2D eigenvalue weighted by molar-refractivity contribution is -0.144. The first-order chi connectivity index (χ1) is 12.1. The van der Waals surface area contributed by atoms with Gasteiger partial charge in [-0.2, -0.15) is 0 Å². The van der Waals surface area contributed by atoms with E-state index in [9.17, 15) is 9.59 Å². The van der Waals surface area contributed by atoms with Gasteiger partial charge in [0.25, 0.3) is 5.56 Å². The van der Waals surface area contributed by atoms with Gasteiger partial charge in [0.1, 0.15) is 10.9 Å². The molecule has 0 saturated carbocycles. The summed E-state index contributed by atoms with van der Waals surface area (Å²) < 4.78 is 6.20. The van der Waals surface area contributed by atoms with E-state index in [1.807, 2.05) is 24.4 Å². The molecule has 1 aromatic carbocycles. The van der Waals surface area contributed by atoms with Crippen LogP contribution in [-0.2, 0) is 16.0 Å². The molecular weight excluding hydrogens is 336 g/mol. The zero-order valence-corrected chi connectivity index (χ0v) is 15.3. The molecule has 2 aromatic heterocycles. The molecule has 0 aliphatic rings. The van der Waals surface area contributed by atoms with Gasteiger partial charge >= 0.3 is 5.97 Å². The third kappa shape index (κ3) is 3.09. The normalized spacial score (nSPS) is 12.3. The zero-order chi connectivity index (χ0) is 18.0. The summed E-state index contributed by atoms with van der Waals surface area (Å²) in [5, 5.41) is 2.50. The van der Waals surface area contributed by atoms with E-state index in [1.54, 1.807) is 0 Å². The Labute approximate surface area is 149 Å². The molecule has 0 spiro atoms. The van der Waals surface area contributed by atoms with Crippen LogP contribution in [0.1, 0.15) is 31.9 Å². The number of fused-ring (bicyclic) bond motifs is 1. The Kier molecular flexibility index (Phi) is 4.99. The molecular formula is C19H20N2O3S. The number of methoxy groups -OCH3 is 1. The van der Waals surface area contributed by atoms with E-state index in [1.165, 1.54) is 34.9 Å². The Bertz CT molecular complexity index is 957. The summed E-state index contributed by atoms with van der Waals surface area (Å²) in [5.41, 5.74) is 2.87. The Morgan fingerprint density at radius 1 is 1.28 bits per heavy atom. The first-order valence-corrected chi connectivity index (χ1v) is 9.14. The fraction of sp³-hybridized carbons (Fsp3) is 0.316. The van der Waals surface area contributed by atoms with Crippen molar-refractivity contribution in [3.63, 3.8) is 0 Å². The van der Waals surface area contributed by atoms with Gasteiger partial charge in [0, 0.05) is 10.9 Å². The number of carbonyl (C=O) groups is 1. The van der Waals surface area contributed by atoms with Crippen LogP contribution in [0.4, 0.5) is 0 Å². The minimum Gasteiger partial charge on any atom is -0.467 e. The maximum absolute atomic E-state index is 13.0. The van der Waals surface area contributed by atoms with Gasteiger partial charge < -0.3 is 4.74 Å². The van der Waals surface area contributed by atoms with Crippen molar-refractivity contribution in [2.24, 2.45) is 0 Å². The van der Waals surface area contributed by atoms with E-state index < -0.39 is 12.0 Å². The summed E-state index contributed by atoms with van der Waals surface area (Å²) in [6.07, 6.45) is 2.87. The van der Waals surface area contributed by atoms with E-state index in [0.29, 0.717) is 16.6 Å². The Morgan fingerprint density at radius 2 is 2.00 bits per heavy atom. The molecule has 0 amide bonds. The van der Waals surface area contributed by atoms with Crippen molar-refractivity contribution in [3.05, 3.63) is 51.9 Å². The van der Waals surface area contributed by atoms with Crippen LogP contribution >= 0.6 is 11.3 Å². The molecule has 3 rings (SSSR count). The van der Waals surface area contributed by atoms with Gasteiger partial charge in [-0.3, -0.25) is 9.36 Å². The molecule has 0 unspecified atom stereocenters. The number of ether oxygens (including phenoxy) is 1. The summed E-state index contributed by atoms with van der Waals surface area (Å²) in [5.74, 6) is -0.435. The minimum atomic E-state index is -0.662. The lowest BCUT2D eigenvalue weighted by atomic mass is 10.0. The standard InChI is InChI=1S/C19H20N2O3S/c1-4-12-6-8-13(9-7-12)14-10-25-17-16(14)18(22)21(11-20-17)15(5-2)19(23)24-3/h6-11,15H,4-5H2,1-3H3/t15-/m0/s1. The van der Waals surface area contributed by atoms with Crippen LogP contribution in [0.2, 0.25) is 0 Å². The fourth-order valence-corrected chi connectivity index (χ4v) is 3.82. The number of carbonyl (C=O) groups excluding carboxylic acids is 1. The number of esters is 1. The highest BCUT2D eigenvalue weighted by molar-refractivity contribution is 7.17. The maximum atomic E-state index is 13.0. The predicted molar refractivity (Wildman–Crippen MR) is 100 cm³/mol. The number of nitrogens with zero attached hydrogens (tertiary/aromatic N) is 2. The third-order valence-electron chi connectivity index (χ3n) is 4.39. The van der Waals surface area contributed by atoms with Crippen molar-refractivity contribution in [3.8, 4) is 11.1 Å². The molecule has 25 heavy (non-hydrogen) atoms. The van der Waals surface area contributed by atoms with Gasteiger partial charge in [-0.05, 0) is 24.0 Å². The van der Waals surface area contributed by atoms with Crippen molar-refractivity contribution >= 4 is 27.5 Å². The van der Waals surface area contributed by atoms with Gasteiger partial charge in [0.05, 0.1) is 18.8 Å². The van der Waals surface area contributed by atoms with Crippen LogP contribution in [0.5, 0.6) is 0 Å². The average Bonchev–Trinajstić information content (AvgIpc) is 3.09. The highest BCUT2D eigenvalue weighted by atomic mass is 32.1. The van der Waals surface area contributed by atoms with E-state index in [-0.39, 0.29) is 5.56 Å². The molecule has 0 aliphatic carbocycles. The number of hydrogen-bond acceptors (Lipinski definition) is 5. The monoisotopic (exact) mass is 356 g/mol. The highest BCUT2D eigenvalue weighted by Gasteiger charge is 2.23. The van der Waals surface area contributed by atoms with E-state index in [4.69, 9.17) is 4.74 Å². The van der Waals surface area contributed by atoms with Gasteiger partial charge in [0.2, 0.25) is 0 Å². The molecule has 3 aromatic rings. The molecule has 0 aliphatic heterocycles. The quantitative estimate of drug-likeness (QED) is 0.652. The summed E-state index contributed by atoms with van der Waals surface area (Å²) >= 11 is 1.43. The Morgan fingerprint density at radius 3 is 2.60 bits per heavy atom. The molecule has 0 saturated heterocycles. The first kappa shape index (κ1) is 17.4. The smallest absolute Gasteiger partial charge is 0.329 e. The van der Waals surface area contributed by atoms with Crippen molar-refractivity contribution in [2.75, 3.05) is 7.11 Å². The molecule has 0 N–H and O–H groups in total. The molecule has 5 nitrogen and oxygen atoms in total. The molecule has 0 bridgehead atoms. The van der Waals surface area contributed by atoms with Crippen molar-refractivity contribution in [1.29, 1.82) is 0 Å². The average molecular weight is 356 g/mol. The maximum Gasteiger partial charge on any atom is 0.329 e. The van der Waals surface area contributed by atoms with E-state index in [2.05, 4.69) is 24.0 Å². The summed E-state index contributed by atoms with van der Waals surface area (Å²) in [7, 11) is 1.33. The highest BCUT2D eigenvalue weighted by Crippen LogP contribution is 2.31. The number of aromatic nitrogens is 2. The van der Waals surface area contributed by atoms with Gasteiger partial charge in [-0.25, -0.2) is 9.78 Å². The molecule has 0 radical (unpaired) electrons. The van der Waals surface area contributed by atoms with Gasteiger partial charge in [0.15, 0.2) is 0 Å². The molecule has 6 heteroatoms. The van der Waals surface area contributed by atoms with Crippen molar-refractivity contribution in [1.82, 2.24) is 9.55 Å². The van der Waals surface area contributed by atoms with Crippen LogP contribution in [0.3, 0.4) is 0 Å². The fourth-order valence-electron chi connectivity index (χ4n) is 2.91. The topological polar surface area (TPSA) is 61.2 Å². The van der Waals surface area contributed by atoms with Crippen LogP contribution < -0.4 is 5.56 Å². The number of rotatable bonds is 5. The van der Waals surface area contributed by atoms with E-state index >= 15 is 0 Å². The molecule has 2 heterocycles. The second kappa shape index (κ2) is 7.19. The second-order valence-electron chi connectivity index (χ2n) is 5.78. The number of thiophene rings is 1. The lowest BCUT2D eigenvalue weighted by Gasteiger charge is -2.15. The van der Waals surface area contributed by atoms with Crippen molar-refractivity contribution < 1.29 is 9.53 Å². The van der Waals surface area contributed by atoms with Crippen LogP contribution in [0.25, 0.3) is 21.3 Å². The predicted octanol–water partition coefficient (Wildman–Crippen LogP) is 3.81. The minimum absolute atomic E-state index is 0.210. The van der Waals surface area contributed by atoms with E-state index in [0.717, 1.165) is 17.5 Å². The number of benzene rings is 1. The number of aryl methyl sites for hydroxylation is 1. The first-order valence-electron chi connectivity index (χ1n) is 8.26. The van der Waals surface area contributed by atoms with Gasteiger partial charge in [-0.15, -0.1) is 11.3 Å². The van der Waals surface area contributed by atoms with Gasteiger partial charge in [-0.1, -0.05) is 38.1 Å². The summed E-state index contributed by atoms with van der Waals surface area (Å²) in [6.45, 7) is 3.95. The third-order valence-corrected chi connectivity index (χ3v) is 5.27. The van der Waals surface area contributed by atoms with Crippen LogP contribution in [0, 0.1) is 0 Å². The van der Waals surface area contributed by atoms with Crippen molar-refractivity contribution in [2.45, 2.75) is 32.7 Å². The lowest BCUT2D eigenvalue weighted by Crippen LogP contribution is -2.30. The Hall–Kier alpha value is -2.47. The molecule has 1 atom stereocenters. The molecule has 0 fully saturated rings. The molecule has 130 valence electrons. The Balaban J connectivity index is 2.17. The summed E-state index contributed by atoms with van der Waals surface area (Å²) in [4.78, 5) is 30.1. The zero-order valence-electron chi connectivity index (χ0n) is 14.5. The SMILES string of the molecule is CCc1ccc(-c2csc3ncn([C@@H](CC)C(=O)OC)c(=O)c23)cc1. The van der Waals surface area contributed by atoms with Crippen LogP contribution in [-0.4, -0.2) is 22.6 Å². The summed E-state index contributed by atoms with van der Waals surface area (Å²) in [6, 6.07) is 7.52.